The molecule has 0 saturated heterocycles. The van der Waals surface area contributed by atoms with Crippen molar-refractivity contribution in [3.63, 3.8) is 0 Å². The highest BCUT2D eigenvalue weighted by molar-refractivity contribution is 5.94. The summed E-state index contributed by atoms with van der Waals surface area (Å²) < 4.78 is 0. The van der Waals surface area contributed by atoms with Crippen LogP contribution in [0.2, 0.25) is 0 Å². The Bertz CT molecular complexity index is 925. The molecule has 0 spiro atoms. The van der Waals surface area contributed by atoms with Crippen LogP contribution >= 0.6 is 0 Å². The molecular weight excluding hydrogens is 484 g/mol. The molecule has 0 heterocycles. The Hall–Kier alpha value is -3.84. The topological polar surface area (TPSA) is 209 Å². The van der Waals surface area contributed by atoms with Crippen molar-refractivity contribution >= 4 is 35.8 Å². The number of aliphatic hydroxyl groups excluding tert-OH is 1. The van der Waals surface area contributed by atoms with Gasteiger partial charge in [0.2, 0.25) is 29.5 Å². The summed E-state index contributed by atoms with van der Waals surface area (Å²) in [5.74, 6) is -3.09. The van der Waals surface area contributed by atoms with Crippen LogP contribution in [0.1, 0.15) is 25.8 Å². The second-order valence-electron chi connectivity index (χ2n) is 8.69. The molecule has 1 aromatic rings. The SMILES string of the molecule is CC(C)C[C@H](NC(=O)CNC(=O)CN)C(=O)N[C@@H](Cc1ccccc1)C(=O)NCC(=O)N[C@H](C=O)CO. The first-order valence-electron chi connectivity index (χ1n) is 11.8. The van der Waals surface area contributed by atoms with Gasteiger partial charge in [0.25, 0.3) is 0 Å². The zero-order valence-electron chi connectivity index (χ0n) is 21.0. The number of aliphatic hydroxyl groups is 1. The largest absolute Gasteiger partial charge is 0.394 e. The third kappa shape index (κ3) is 12.6. The molecule has 1 rings (SSSR count). The van der Waals surface area contributed by atoms with Gasteiger partial charge in [0, 0.05) is 6.42 Å². The Labute approximate surface area is 215 Å². The summed E-state index contributed by atoms with van der Waals surface area (Å²) in [6.07, 6.45) is 0.726. The minimum Gasteiger partial charge on any atom is -0.394 e. The molecule has 8 N–H and O–H groups in total. The molecule has 0 aliphatic rings. The minimum atomic E-state index is -1.10. The number of hydrogen-bond donors (Lipinski definition) is 7. The number of carbonyl (C=O) groups is 6. The fraction of sp³-hybridized carbons (Fsp3) is 0.500. The average Bonchev–Trinajstić information content (AvgIpc) is 2.88. The van der Waals surface area contributed by atoms with Crippen molar-refractivity contribution in [1.82, 2.24) is 26.6 Å². The van der Waals surface area contributed by atoms with Crippen molar-refractivity contribution in [3.8, 4) is 0 Å². The first-order valence-corrected chi connectivity index (χ1v) is 11.8. The van der Waals surface area contributed by atoms with Crippen molar-refractivity contribution in [2.24, 2.45) is 11.7 Å². The molecule has 5 amide bonds. The molecular formula is C24H36N6O7. The maximum Gasteiger partial charge on any atom is 0.243 e. The predicted octanol–water partition coefficient (Wildman–Crippen LogP) is -2.89. The lowest BCUT2D eigenvalue weighted by Gasteiger charge is -2.24. The fourth-order valence-corrected chi connectivity index (χ4v) is 3.20. The molecule has 13 nitrogen and oxygen atoms in total. The van der Waals surface area contributed by atoms with Gasteiger partial charge in [-0.3, -0.25) is 24.0 Å². The van der Waals surface area contributed by atoms with Crippen LogP contribution in [0.3, 0.4) is 0 Å². The first-order chi connectivity index (χ1) is 17.6. The highest BCUT2D eigenvalue weighted by Gasteiger charge is 2.28. The van der Waals surface area contributed by atoms with Crippen molar-refractivity contribution < 1.29 is 33.9 Å². The molecule has 37 heavy (non-hydrogen) atoms. The Morgan fingerprint density at radius 2 is 1.49 bits per heavy atom. The van der Waals surface area contributed by atoms with Gasteiger partial charge < -0.3 is 42.2 Å². The molecule has 13 heteroatoms. The van der Waals surface area contributed by atoms with E-state index in [1.54, 1.807) is 30.3 Å². The van der Waals surface area contributed by atoms with Gasteiger partial charge in [-0.25, -0.2) is 0 Å². The van der Waals surface area contributed by atoms with Gasteiger partial charge in [0.15, 0.2) is 0 Å². The van der Waals surface area contributed by atoms with Crippen LogP contribution < -0.4 is 32.3 Å². The maximum atomic E-state index is 13.1. The molecule has 0 saturated carbocycles. The second kappa shape index (κ2) is 16.8. The van der Waals surface area contributed by atoms with Crippen LogP contribution in [0.25, 0.3) is 0 Å². The van der Waals surface area contributed by atoms with Crippen molar-refractivity contribution in [3.05, 3.63) is 35.9 Å². The highest BCUT2D eigenvalue weighted by Crippen LogP contribution is 2.08. The van der Waals surface area contributed by atoms with E-state index in [4.69, 9.17) is 10.8 Å². The number of rotatable bonds is 16. The number of hydrogen-bond acceptors (Lipinski definition) is 8. The zero-order chi connectivity index (χ0) is 27.8. The predicted molar refractivity (Wildman–Crippen MR) is 134 cm³/mol. The summed E-state index contributed by atoms with van der Waals surface area (Å²) in [6, 6.07) is 5.69. The Kier molecular flexibility index (Phi) is 14.1. The van der Waals surface area contributed by atoms with Crippen LogP contribution in [0.5, 0.6) is 0 Å². The standard InChI is InChI=1S/C24H36N6O7/c1-15(2)8-18(29-22(35)11-26-20(33)10-25)24(37)30-19(9-16-6-4-3-5-7-16)23(36)27-12-21(34)28-17(13-31)14-32/h3-7,13,15,17-19,32H,8-12,14,25H2,1-2H3,(H,26,33)(H,27,36)(H,28,34)(H,29,35)(H,30,37)/t17-,18+,19+/m1/s1. The lowest BCUT2D eigenvalue weighted by Crippen LogP contribution is -2.56. The maximum absolute atomic E-state index is 13.1. The molecule has 0 fully saturated rings. The third-order valence-electron chi connectivity index (χ3n) is 5.04. The summed E-state index contributed by atoms with van der Waals surface area (Å²) in [5, 5.41) is 21.2. The van der Waals surface area contributed by atoms with Gasteiger partial charge in [0.1, 0.15) is 24.4 Å². The average molecular weight is 521 g/mol. The quantitative estimate of drug-likeness (QED) is 0.112. The van der Waals surface area contributed by atoms with Crippen LogP contribution in [-0.4, -0.2) is 85.3 Å². The second-order valence-corrected chi connectivity index (χ2v) is 8.69. The lowest BCUT2D eigenvalue weighted by molar-refractivity contribution is -0.133. The molecule has 0 aliphatic carbocycles. The van der Waals surface area contributed by atoms with Crippen molar-refractivity contribution in [2.75, 3.05) is 26.2 Å². The fourth-order valence-electron chi connectivity index (χ4n) is 3.20. The number of carbonyl (C=O) groups excluding carboxylic acids is 6. The molecule has 0 bridgehead atoms. The van der Waals surface area contributed by atoms with Crippen LogP contribution in [0, 0.1) is 5.92 Å². The van der Waals surface area contributed by atoms with E-state index >= 15 is 0 Å². The van der Waals surface area contributed by atoms with Crippen LogP contribution in [0.4, 0.5) is 0 Å². The molecule has 0 aliphatic heterocycles. The van der Waals surface area contributed by atoms with Gasteiger partial charge in [-0.15, -0.1) is 0 Å². The van der Waals surface area contributed by atoms with E-state index in [0.717, 1.165) is 5.56 Å². The molecule has 0 unspecified atom stereocenters. The summed E-state index contributed by atoms with van der Waals surface area (Å²) in [4.78, 5) is 72.4. The summed E-state index contributed by atoms with van der Waals surface area (Å²) in [5.41, 5.74) is 5.94. The lowest BCUT2D eigenvalue weighted by atomic mass is 10.0. The van der Waals surface area contributed by atoms with Gasteiger partial charge in [-0.05, 0) is 17.9 Å². The first kappa shape index (κ1) is 31.2. The number of amides is 5. The molecule has 3 atom stereocenters. The van der Waals surface area contributed by atoms with Crippen molar-refractivity contribution in [2.45, 2.75) is 44.8 Å². The smallest absolute Gasteiger partial charge is 0.243 e. The van der Waals surface area contributed by atoms with Gasteiger partial charge in [-0.1, -0.05) is 44.2 Å². The van der Waals surface area contributed by atoms with Crippen LogP contribution in [0.15, 0.2) is 30.3 Å². The van der Waals surface area contributed by atoms with E-state index < -0.39 is 60.8 Å². The highest BCUT2D eigenvalue weighted by atomic mass is 16.3. The summed E-state index contributed by atoms with van der Waals surface area (Å²) in [7, 11) is 0. The minimum absolute atomic E-state index is 0.0112. The van der Waals surface area contributed by atoms with Crippen molar-refractivity contribution in [1.29, 1.82) is 0 Å². The van der Waals surface area contributed by atoms with Gasteiger partial charge in [0.05, 0.1) is 26.2 Å². The van der Waals surface area contributed by atoms with Crippen LogP contribution in [-0.2, 0) is 35.2 Å². The number of benzene rings is 1. The number of nitrogens with one attached hydrogen (secondary N) is 5. The van der Waals surface area contributed by atoms with E-state index in [2.05, 4.69) is 26.6 Å². The zero-order valence-corrected chi connectivity index (χ0v) is 21.0. The number of aldehydes is 1. The summed E-state index contributed by atoms with van der Waals surface area (Å²) in [6.45, 7) is 1.98. The van der Waals surface area contributed by atoms with E-state index in [1.165, 1.54) is 0 Å². The molecule has 0 radical (unpaired) electrons. The van der Waals surface area contributed by atoms with E-state index in [-0.39, 0.29) is 31.8 Å². The molecule has 204 valence electrons. The normalized spacial score (nSPS) is 13.0. The summed E-state index contributed by atoms with van der Waals surface area (Å²) >= 11 is 0. The third-order valence-corrected chi connectivity index (χ3v) is 5.04. The van der Waals surface area contributed by atoms with E-state index in [1.807, 2.05) is 13.8 Å². The Morgan fingerprint density at radius 1 is 0.865 bits per heavy atom. The number of nitrogens with two attached hydrogens (primary N) is 1. The monoisotopic (exact) mass is 520 g/mol. The van der Waals surface area contributed by atoms with Gasteiger partial charge >= 0.3 is 0 Å². The van der Waals surface area contributed by atoms with Gasteiger partial charge in [-0.2, -0.15) is 0 Å². The molecule has 1 aromatic carbocycles. The van der Waals surface area contributed by atoms with E-state index in [0.29, 0.717) is 6.29 Å². The molecule has 0 aromatic heterocycles. The van der Waals surface area contributed by atoms with E-state index in [9.17, 15) is 28.8 Å². The Balaban J connectivity index is 2.94. The Morgan fingerprint density at radius 3 is 2.05 bits per heavy atom.